The van der Waals surface area contributed by atoms with Crippen LogP contribution in [-0.4, -0.2) is 24.0 Å². The van der Waals surface area contributed by atoms with Gasteiger partial charge in [-0.2, -0.15) is 0 Å². The molecule has 1 aromatic carbocycles. The monoisotopic (exact) mass is 422 g/mol. The molecule has 1 aromatic heterocycles. The molecule has 28 heavy (non-hydrogen) atoms. The van der Waals surface area contributed by atoms with Crippen molar-refractivity contribution in [3.63, 3.8) is 0 Å². The lowest BCUT2D eigenvalue weighted by molar-refractivity contribution is 0.0933. The number of carbonyl (C=O) groups is 1. The van der Waals surface area contributed by atoms with Gasteiger partial charge in [0.2, 0.25) is 0 Å². The van der Waals surface area contributed by atoms with Crippen molar-refractivity contribution >= 4 is 42.2 Å². The first-order chi connectivity index (χ1) is 12.7. The predicted molar refractivity (Wildman–Crippen MR) is 119 cm³/mol. The molecule has 3 N–H and O–H groups in total. The standard InChI is InChI=1S/C21H26N4O.2ClH/c22-16-9-10-17-15(14-16)6-4-8-19(17)24-21(26)18-7-5-11-23-20(18)25-12-2-1-3-13-25;;/h5,7,9-11,14,19H,1-4,6,8,12-13,22H2,(H,24,26);2*1H. The summed E-state index contributed by atoms with van der Waals surface area (Å²) in [7, 11) is 0. The number of hydrogen-bond donors (Lipinski definition) is 2. The minimum Gasteiger partial charge on any atom is -0.399 e. The van der Waals surface area contributed by atoms with Crippen molar-refractivity contribution in [2.75, 3.05) is 23.7 Å². The van der Waals surface area contributed by atoms with Gasteiger partial charge < -0.3 is 16.0 Å². The Morgan fingerprint density at radius 2 is 1.89 bits per heavy atom. The molecular formula is C21H28Cl2N4O. The van der Waals surface area contributed by atoms with Crippen molar-refractivity contribution in [1.29, 1.82) is 0 Å². The third-order valence-corrected chi connectivity index (χ3v) is 5.47. The van der Waals surface area contributed by atoms with Gasteiger partial charge in [-0.3, -0.25) is 4.79 Å². The average Bonchev–Trinajstić information content (AvgIpc) is 2.68. The average molecular weight is 423 g/mol. The molecule has 4 rings (SSSR count). The van der Waals surface area contributed by atoms with E-state index in [2.05, 4.69) is 21.3 Å². The molecule has 1 amide bonds. The van der Waals surface area contributed by atoms with E-state index in [9.17, 15) is 4.79 Å². The highest BCUT2D eigenvalue weighted by atomic mass is 35.5. The molecule has 7 heteroatoms. The number of halogens is 2. The molecule has 1 unspecified atom stereocenters. The molecule has 0 spiro atoms. The van der Waals surface area contributed by atoms with Crippen LogP contribution in [0.1, 0.15) is 59.6 Å². The highest BCUT2D eigenvalue weighted by Gasteiger charge is 2.25. The Bertz CT molecular complexity index is 809. The number of piperidine rings is 1. The number of aryl methyl sites for hydroxylation is 1. The van der Waals surface area contributed by atoms with Gasteiger partial charge in [-0.1, -0.05) is 6.07 Å². The summed E-state index contributed by atoms with van der Waals surface area (Å²) in [6.07, 6.45) is 8.41. The highest BCUT2D eigenvalue weighted by Crippen LogP contribution is 2.31. The van der Waals surface area contributed by atoms with Gasteiger partial charge in [0, 0.05) is 25.0 Å². The molecule has 1 aliphatic carbocycles. The number of nitrogens with two attached hydrogens (primary N) is 1. The minimum atomic E-state index is -0.0339. The van der Waals surface area contributed by atoms with Crippen molar-refractivity contribution in [2.24, 2.45) is 0 Å². The minimum absolute atomic E-state index is 0. The van der Waals surface area contributed by atoms with Gasteiger partial charge >= 0.3 is 0 Å². The van der Waals surface area contributed by atoms with Crippen LogP contribution >= 0.6 is 24.8 Å². The SMILES string of the molecule is Cl.Cl.Nc1ccc2c(c1)CCCC2NC(=O)c1cccnc1N1CCCCC1. The largest absolute Gasteiger partial charge is 0.399 e. The maximum absolute atomic E-state index is 13.1. The number of carbonyl (C=O) groups excluding carboxylic acids is 1. The number of aromatic nitrogens is 1. The van der Waals surface area contributed by atoms with Crippen LogP contribution in [0.2, 0.25) is 0 Å². The second-order valence-electron chi connectivity index (χ2n) is 7.30. The topological polar surface area (TPSA) is 71.2 Å². The van der Waals surface area contributed by atoms with Gasteiger partial charge in [-0.15, -0.1) is 24.8 Å². The summed E-state index contributed by atoms with van der Waals surface area (Å²) in [4.78, 5) is 19.8. The third kappa shape index (κ3) is 4.70. The van der Waals surface area contributed by atoms with E-state index in [1.165, 1.54) is 17.5 Å². The summed E-state index contributed by atoms with van der Waals surface area (Å²) in [5.74, 6) is 0.784. The van der Waals surface area contributed by atoms with Crippen LogP contribution in [0.3, 0.4) is 0 Å². The Morgan fingerprint density at radius 3 is 2.68 bits per heavy atom. The van der Waals surface area contributed by atoms with Crippen molar-refractivity contribution in [3.05, 3.63) is 53.2 Å². The van der Waals surface area contributed by atoms with E-state index in [1.54, 1.807) is 6.20 Å². The van der Waals surface area contributed by atoms with Crippen LogP contribution in [0.4, 0.5) is 11.5 Å². The van der Waals surface area contributed by atoms with E-state index in [-0.39, 0.29) is 36.8 Å². The zero-order valence-electron chi connectivity index (χ0n) is 15.9. The van der Waals surface area contributed by atoms with Crippen molar-refractivity contribution in [1.82, 2.24) is 10.3 Å². The van der Waals surface area contributed by atoms with E-state index in [4.69, 9.17) is 5.73 Å². The fraction of sp³-hybridized carbons (Fsp3) is 0.429. The lowest BCUT2D eigenvalue weighted by Gasteiger charge is -2.30. The predicted octanol–water partition coefficient (Wildman–Crippen LogP) is 4.31. The fourth-order valence-corrected chi connectivity index (χ4v) is 4.15. The zero-order chi connectivity index (χ0) is 17.9. The van der Waals surface area contributed by atoms with E-state index in [0.717, 1.165) is 56.7 Å². The van der Waals surface area contributed by atoms with E-state index in [0.29, 0.717) is 5.56 Å². The van der Waals surface area contributed by atoms with Crippen molar-refractivity contribution < 1.29 is 4.79 Å². The number of pyridine rings is 1. The molecule has 1 fully saturated rings. The van der Waals surface area contributed by atoms with Crippen LogP contribution in [-0.2, 0) is 6.42 Å². The number of nitrogens with zero attached hydrogens (tertiary/aromatic N) is 2. The summed E-state index contributed by atoms with van der Waals surface area (Å²) in [5, 5.41) is 3.24. The van der Waals surface area contributed by atoms with Crippen LogP contribution in [0.15, 0.2) is 36.5 Å². The Balaban J connectivity index is 0.00000140. The van der Waals surface area contributed by atoms with Crippen LogP contribution in [0, 0.1) is 0 Å². The Hall–Kier alpha value is -1.98. The van der Waals surface area contributed by atoms with Gasteiger partial charge in [-0.05, 0) is 73.9 Å². The summed E-state index contributed by atoms with van der Waals surface area (Å²) in [6, 6.07) is 9.80. The number of benzene rings is 1. The molecule has 2 aliphatic rings. The van der Waals surface area contributed by atoms with Crippen LogP contribution < -0.4 is 16.0 Å². The molecule has 2 aromatic rings. The number of nitrogens with one attached hydrogen (secondary N) is 1. The van der Waals surface area contributed by atoms with E-state index in [1.807, 2.05) is 24.3 Å². The number of amides is 1. The second-order valence-corrected chi connectivity index (χ2v) is 7.30. The number of nitrogen functional groups attached to an aromatic ring is 1. The molecule has 0 bridgehead atoms. The molecule has 152 valence electrons. The molecule has 1 atom stereocenters. The number of anilines is 2. The van der Waals surface area contributed by atoms with Crippen molar-refractivity contribution in [3.8, 4) is 0 Å². The van der Waals surface area contributed by atoms with Gasteiger partial charge in [0.1, 0.15) is 5.82 Å². The Labute approximate surface area is 178 Å². The van der Waals surface area contributed by atoms with Gasteiger partial charge in [0.25, 0.3) is 5.91 Å². The maximum atomic E-state index is 13.1. The van der Waals surface area contributed by atoms with Gasteiger partial charge in [-0.25, -0.2) is 4.98 Å². The van der Waals surface area contributed by atoms with Gasteiger partial charge in [0.15, 0.2) is 0 Å². The smallest absolute Gasteiger partial charge is 0.255 e. The summed E-state index contributed by atoms with van der Waals surface area (Å²) in [5.41, 5.74) is 9.84. The van der Waals surface area contributed by atoms with Gasteiger partial charge in [0.05, 0.1) is 11.6 Å². The Kier molecular flexibility index (Phi) is 7.96. The molecule has 0 saturated carbocycles. The first-order valence-corrected chi connectivity index (χ1v) is 9.61. The van der Waals surface area contributed by atoms with E-state index < -0.39 is 0 Å². The number of hydrogen-bond acceptors (Lipinski definition) is 4. The molecule has 1 aliphatic heterocycles. The van der Waals surface area contributed by atoms with Crippen LogP contribution in [0.25, 0.3) is 0 Å². The summed E-state index contributed by atoms with van der Waals surface area (Å²) in [6.45, 7) is 1.95. The molecular weight excluding hydrogens is 395 g/mol. The molecule has 2 heterocycles. The normalized spacial score (nSPS) is 18.3. The summed E-state index contributed by atoms with van der Waals surface area (Å²) >= 11 is 0. The third-order valence-electron chi connectivity index (χ3n) is 5.47. The molecule has 1 saturated heterocycles. The lowest BCUT2D eigenvalue weighted by atomic mass is 9.87. The number of fused-ring (bicyclic) bond motifs is 1. The number of rotatable bonds is 3. The molecule has 0 radical (unpaired) electrons. The van der Waals surface area contributed by atoms with Crippen LogP contribution in [0.5, 0.6) is 0 Å². The fourth-order valence-electron chi connectivity index (χ4n) is 4.15. The summed E-state index contributed by atoms with van der Waals surface area (Å²) < 4.78 is 0. The second kappa shape index (κ2) is 9.99. The first-order valence-electron chi connectivity index (χ1n) is 9.61. The zero-order valence-corrected chi connectivity index (χ0v) is 17.5. The Morgan fingerprint density at radius 1 is 1.11 bits per heavy atom. The highest BCUT2D eigenvalue weighted by molar-refractivity contribution is 5.99. The van der Waals surface area contributed by atoms with Crippen molar-refractivity contribution in [2.45, 2.75) is 44.6 Å². The van der Waals surface area contributed by atoms with E-state index >= 15 is 0 Å². The maximum Gasteiger partial charge on any atom is 0.255 e. The quantitative estimate of drug-likeness (QED) is 0.722. The first kappa shape index (κ1) is 22.3. The molecule has 5 nitrogen and oxygen atoms in total. The lowest BCUT2D eigenvalue weighted by Crippen LogP contribution is -2.35.